The van der Waals surface area contributed by atoms with E-state index in [2.05, 4.69) is 44.0 Å². The summed E-state index contributed by atoms with van der Waals surface area (Å²) in [7, 11) is 0. The number of rotatable bonds is 9. The molecule has 0 bridgehead atoms. The predicted octanol–water partition coefficient (Wildman–Crippen LogP) is 3.73. The number of aromatic nitrogens is 4. The minimum absolute atomic E-state index is 0.254. The van der Waals surface area contributed by atoms with E-state index in [1.807, 2.05) is 28.8 Å². The molecule has 1 saturated heterocycles. The first kappa shape index (κ1) is 25.5. The van der Waals surface area contributed by atoms with Gasteiger partial charge in [0.25, 0.3) is 0 Å². The quantitative estimate of drug-likeness (QED) is 0.269. The molecule has 1 aromatic carbocycles. The molecule has 36 heavy (non-hydrogen) atoms. The number of hydrogen-bond donors (Lipinski definition) is 1. The molecule has 10 nitrogen and oxygen atoms in total. The van der Waals surface area contributed by atoms with E-state index in [4.69, 9.17) is 4.89 Å². The van der Waals surface area contributed by atoms with Crippen LogP contribution in [0, 0.1) is 12.7 Å². The molecular formula is C25H32FN7O3. The lowest BCUT2D eigenvalue weighted by molar-refractivity contribution is -0.271. The summed E-state index contributed by atoms with van der Waals surface area (Å²) in [5.74, 6) is -0.386. The highest BCUT2D eigenvalue weighted by molar-refractivity contribution is 5.65. The number of nitrogens with one attached hydrogen (secondary N) is 1. The first-order chi connectivity index (χ1) is 17.3. The Bertz CT molecular complexity index is 1190. The smallest absolute Gasteiger partial charge is 0.339 e. The van der Waals surface area contributed by atoms with Crippen LogP contribution in [0.25, 0.3) is 11.3 Å². The van der Waals surface area contributed by atoms with Crippen LogP contribution in [0.5, 0.6) is 0 Å². The highest BCUT2D eigenvalue weighted by Gasteiger charge is 2.20. The molecule has 192 valence electrons. The van der Waals surface area contributed by atoms with Crippen molar-refractivity contribution in [2.75, 3.05) is 49.5 Å². The fourth-order valence-corrected chi connectivity index (χ4v) is 4.01. The monoisotopic (exact) mass is 497 g/mol. The maximum Gasteiger partial charge on any atom is 0.339 e. The van der Waals surface area contributed by atoms with Gasteiger partial charge in [0.1, 0.15) is 12.4 Å². The molecule has 0 unspecified atom stereocenters. The highest BCUT2D eigenvalue weighted by Crippen LogP contribution is 2.27. The molecule has 2 aromatic heterocycles. The predicted molar refractivity (Wildman–Crippen MR) is 134 cm³/mol. The van der Waals surface area contributed by atoms with E-state index in [1.54, 1.807) is 18.5 Å². The van der Waals surface area contributed by atoms with E-state index < -0.39 is 5.97 Å². The van der Waals surface area contributed by atoms with Gasteiger partial charge >= 0.3 is 5.97 Å². The van der Waals surface area contributed by atoms with Gasteiger partial charge in [0, 0.05) is 69.3 Å². The third-order valence-corrected chi connectivity index (χ3v) is 5.96. The summed E-state index contributed by atoms with van der Waals surface area (Å²) in [5.41, 5.74) is 3.76. The second kappa shape index (κ2) is 11.4. The van der Waals surface area contributed by atoms with Gasteiger partial charge < -0.3 is 10.2 Å². The second-order valence-electron chi connectivity index (χ2n) is 9.04. The standard InChI is InChI=1S/C25H32FN7O3/c1-17(2)33-16-20(15-28-33)24-18(3)14-27-25(30-24)29-21-5-6-23(22(26)13-21)32-9-7-31(8-10-32)11-12-35-36-19(4)34/h5-6,13-17H,7-12H2,1-4H3,(H,27,29,30). The van der Waals surface area contributed by atoms with Crippen LogP contribution in [0.4, 0.5) is 21.7 Å². The van der Waals surface area contributed by atoms with E-state index in [0.717, 1.165) is 29.9 Å². The topological polar surface area (TPSA) is 97.6 Å². The van der Waals surface area contributed by atoms with Crippen molar-refractivity contribution >= 4 is 23.3 Å². The van der Waals surface area contributed by atoms with Gasteiger partial charge in [0.15, 0.2) is 0 Å². The number of halogens is 1. The van der Waals surface area contributed by atoms with Crippen molar-refractivity contribution in [3.8, 4) is 11.3 Å². The molecule has 1 N–H and O–H groups in total. The van der Waals surface area contributed by atoms with Gasteiger partial charge in [-0.1, -0.05) is 0 Å². The number of aryl methyl sites for hydroxylation is 1. The number of benzene rings is 1. The van der Waals surface area contributed by atoms with Gasteiger partial charge in [0.05, 0.1) is 17.6 Å². The van der Waals surface area contributed by atoms with Gasteiger partial charge in [0.2, 0.25) is 5.95 Å². The number of carbonyl (C=O) groups excluding carboxylic acids is 1. The SMILES string of the molecule is CC(=O)OOCCN1CCN(c2ccc(Nc3ncc(C)c(-c4cnn(C(C)C)c4)n3)cc2F)CC1. The van der Waals surface area contributed by atoms with E-state index in [-0.39, 0.29) is 11.9 Å². The van der Waals surface area contributed by atoms with Crippen LogP contribution in [0.15, 0.2) is 36.8 Å². The number of nitrogens with zero attached hydrogens (tertiary/aromatic N) is 6. The van der Waals surface area contributed by atoms with E-state index in [9.17, 15) is 4.79 Å². The maximum atomic E-state index is 15.0. The molecule has 1 aliphatic heterocycles. The first-order valence-electron chi connectivity index (χ1n) is 12.0. The van der Waals surface area contributed by atoms with Crippen molar-refractivity contribution in [3.05, 3.63) is 48.2 Å². The van der Waals surface area contributed by atoms with Crippen molar-refractivity contribution in [1.82, 2.24) is 24.6 Å². The Balaban J connectivity index is 1.37. The molecule has 0 aliphatic carbocycles. The van der Waals surface area contributed by atoms with Crippen LogP contribution in [-0.2, 0) is 14.6 Å². The maximum absolute atomic E-state index is 15.0. The van der Waals surface area contributed by atoms with Gasteiger partial charge in [-0.3, -0.25) is 14.5 Å². The largest absolute Gasteiger partial charge is 0.367 e. The fourth-order valence-electron chi connectivity index (χ4n) is 4.01. The average molecular weight is 498 g/mol. The minimum atomic E-state index is -0.471. The minimum Gasteiger partial charge on any atom is -0.367 e. The van der Waals surface area contributed by atoms with Gasteiger partial charge in [-0.15, -0.1) is 0 Å². The van der Waals surface area contributed by atoms with E-state index in [0.29, 0.717) is 43.6 Å². The number of hydrogen-bond acceptors (Lipinski definition) is 9. The van der Waals surface area contributed by atoms with Crippen LogP contribution >= 0.6 is 0 Å². The number of piperazine rings is 1. The lowest BCUT2D eigenvalue weighted by Gasteiger charge is -2.36. The fraction of sp³-hybridized carbons (Fsp3) is 0.440. The molecule has 0 saturated carbocycles. The molecular weight excluding hydrogens is 465 g/mol. The van der Waals surface area contributed by atoms with Crippen LogP contribution in [0.1, 0.15) is 32.4 Å². The molecule has 0 atom stereocenters. The third-order valence-electron chi connectivity index (χ3n) is 5.96. The summed E-state index contributed by atoms with van der Waals surface area (Å²) in [6.45, 7) is 11.2. The van der Waals surface area contributed by atoms with Crippen LogP contribution < -0.4 is 10.2 Å². The molecule has 4 rings (SSSR count). The average Bonchev–Trinajstić information content (AvgIpc) is 3.34. The Morgan fingerprint density at radius 3 is 2.64 bits per heavy atom. The van der Waals surface area contributed by atoms with Crippen molar-refractivity contribution in [1.29, 1.82) is 0 Å². The van der Waals surface area contributed by atoms with Gasteiger partial charge in [-0.25, -0.2) is 19.2 Å². The van der Waals surface area contributed by atoms with E-state index in [1.165, 1.54) is 13.0 Å². The number of carbonyl (C=O) groups is 1. The highest BCUT2D eigenvalue weighted by atomic mass is 19.1. The molecule has 1 aliphatic rings. The summed E-state index contributed by atoms with van der Waals surface area (Å²) >= 11 is 0. The Morgan fingerprint density at radius 1 is 1.19 bits per heavy atom. The Kier molecular flexibility index (Phi) is 8.11. The van der Waals surface area contributed by atoms with Crippen molar-refractivity contribution in [3.63, 3.8) is 0 Å². The molecule has 0 spiro atoms. The zero-order valence-corrected chi connectivity index (χ0v) is 21.1. The lowest BCUT2D eigenvalue weighted by atomic mass is 10.1. The van der Waals surface area contributed by atoms with Crippen molar-refractivity contribution in [2.24, 2.45) is 0 Å². The lowest BCUT2D eigenvalue weighted by Crippen LogP contribution is -2.47. The molecule has 1 fully saturated rings. The third kappa shape index (κ3) is 6.35. The summed E-state index contributed by atoms with van der Waals surface area (Å²) in [5, 5.41) is 7.52. The summed E-state index contributed by atoms with van der Waals surface area (Å²) in [6.07, 6.45) is 5.50. The van der Waals surface area contributed by atoms with Gasteiger partial charge in [-0.05, 0) is 44.5 Å². The van der Waals surface area contributed by atoms with Crippen molar-refractivity contribution in [2.45, 2.75) is 33.7 Å². The van der Waals surface area contributed by atoms with Crippen LogP contribution in [0.2, 0.25) is 0 Å². The van der Waals surface area contributed by atoms with Crippen LogP contribution in [0.3, 0.4) is 0 Å². The molecule has 0 amide bonds. The second-order valence-corrected chi connectivity index (χ2v) is 9.04. The Morgan fingerprint density at radius 2 is 1.97 bits per heavy atom. The zero-order valence-electron chi connectivity index (χ0n) is 21.1. The molecule has 3 aromatic rings. The Hall–Kier alpha value is -3.57. The van der Waals surface area contributed by atoms with Crippen LogP contribution in [-0.4, -0.2) is 69.9 Å². The summed E-state index contributed by atoms with van der Waals surface area (Å²) < 4.78 is 16.9. The van der Waals surface area contributed by atoms with Gasteiger partial charge in [-0.2, -0.15) is 9.99 Å². The normalized spacial score (nSPS) is 14.3. The molecule has 11 heteroatoms. The molecule has 0 radical (unpaired) electrons. The Labute approximate surface area is 210 Å². The zero-order chi connectivity index (χ0) is 25.7. The van der Waals surface area contributed by atoms with E-state index >= 15 is 4.39 Å². The van der Waals surface area contributed by atoms with Crippen molar-refractivity contribution < 1.29 is 19.0 Å². The summed E-state index contributed by atoms with van der Waals surface area (Å²) in [6, 6.07) is 5.33. The summed E-state index contributed by atoms with van der Waals surface area (Å²) in [4.78, 5) is 33.3. The number of anilines is 3. The molecule has 3 heterocycles. The first-order valence-corrected chi connectivity index (χ1v) is 12.0.